The van der Waals surface area contributed by atoms with Crippen LogP contribution in [0.4, 0.5) is 11.4 Å². The quantitative estimate of drug-likeness (QED) is 0.737. The number of rotatable bonds is 6. The number of hydrogen-bond acceptors (Lipinski definition) is 4. The van der Waals surface area contributed by atoms with Crippen molar-refractivity contribution in [3.8, 4) is 0 Å². The lowest BCUT2D eigenvalue weighted by atomic mass is 10.2. The Morgan fingerprint density at radius 2 is 1.95 bits per heavy atom. The predicted molar refractivity (Wildman–Crippen MR) is 86.2 cm³/mol. The first-order valence-corrected chi connectivity index (χ1v) is 8.21. The summed E-state index contributed by atoms with van der Waals surface area (Å²) in [5.41, 5.74) is 6.00. The molecule has 0 atom stereocenters. The number of sulfonamides is 1. The van der Waals surface area contributed by atoms with Crippen LogP contribution in [0.3, 0.4) is 0 Å². The Kier molecular flexibility index (Phi) is 5.61. The van der Waals surface area contributed by atoms with Crippen molar-refractivity contribution in [1.29, 1.82) is 0 Å². The Bertz CT molecular complexity index is 615. The minimum atomic E-state index is -3.33. The average molecular weight is 334 g/mol. The van der Waals surface area contributed by atoms with Gasteiger partial charge in [0.15, 0.2) is 0 Å². The summed E-state index contributed by atoms with van der Waals surface area (Å²) in [6.07, 6.45) is 1.91. The van der Waals surface area contributed by atoms with E-state index >= 15 is 0 Å². The number of carbonyl (C=O) groups is 1. The molecule has 0 aromatic heterocycles. The summed E-state index contributed by atoms with van der Waals surface area (Å²) in [5, 5.41) is 2.70. The maximum absolute atomic E-state index is 11.8. The first-order valence-electron chi connectivity index (χ1n) is 6.55. The van der Waals surface area contributed by atoms with E-state index in [1.165, 1.54) is 0 Å². The molecule has 6 nitrogen and oxygen atoms in total. The summed E-state index contributed by atoms with van der Waals surface area (Å²) in [6, 6.07) is 6.59. The third-order valence-corrected chi connectivity index (χ3v) is 4.60. The number of hydrogen-bond donors (Lipinski definition) is 3. The van der Waals surface area contributed by atoms with Gasteiger partial charge in [-0.25, -0.2) is 8.42 Å². The average Bonchev–Trinajstić information content (AvgIpc) is 3.08. The molecule has 1 aromatic carbocycles. The highest BCUT2D eigenvalue weighted by Gasteiger charge is 2.45. The molecule has 1 saturated carbocycles. The molecule has 0 unspecified atom stereocenters. The zero-order valence-electron chi connectivity index (χ0n) is 11.8. The SMILES string of the molecule is CCCS(=O)(=O)Nc1cccc(NC(=O)C2(N)CC2)c1.Cl. The van der Waals surface area contributed by atoms with Crippen molar-refractivity contribution >= 4 is 39.7 Å². The summed E-state index contributed by atoms with van der Waals surface area (Å²) in [7, 11) is -3.33. The minimum Gasteiger partial charge on any atom is -0.324 e. The van der Waals surface area contributed by atoms with Crippen molar-refractivity contribution in [2.45, 2.75) is 31.7 Å². The summed E-state index contributed by atoms with van der Waals surface area (Å²) in [6.45, 7) is 1.80. The van der Waals surface area contributed by atoms with Crippen LogP contribution in [0.15, 0.2) is 24.3 Å². The highest BCUT2D eigenvalue weighted by atomic mass is 35.5. The normalized spacial score (nSPS) is 15.7. The van der Waals surface area contributed by atoms with E-state index in [9.17, 15) is 13.2 Å². The molecule has 0 heterocycles. The highest BCUT2D eigenvalue weighted by Crippen LogP contribution is 2.33. The molecular formula is C13H20ClN3O3S. The fourth-order valence-electron chi connectivity index (χ4n) is 1.78. The third kappa shape index (κ3) is 4.87. The van der Waals surface area contributed by atoms with E-state index in [2.05, 4.69) is 10.0 Å². The summed E-state index contributed by atoms with van der Waals surface area (Å²) < 4.78 is 25.8. The molecule has 0 bridgehead atoms. The Morgan fingerprint density at radius 1 is 1.33 bits per heavy atom. The van der Waals surface area contributed by atoms with Crippen LogP contribution in [-0.4, -0.2) is 25.6 Å². The lowest BCUT2D eigenvalue weighted by Crippen LogP contribution is -2.37. The van der Waals surface area contributed by atoms with Crippen LogP contribution in [0.2, 0.25) is 0 Å². The van der Waals surface area contributed by atoms with Gasteiger partial charge in [0, 0.05) is 5.69 Å². The van der Waals surface area contributed by atoms with E-state index in [1.807, 2.05) is 0 Å². The maximum Gasteiger partial charge on any atom is 0.244 e. The molecule has 0 aliphatic heterocycles. The standard InChI is InChI=1S/C13H19N3O3S.ClH/c1-2-8-20(18,19)16-11-5-3-4-10(9-11)15-12(17)13(14)6-7-13;/h3-5,9,16H,2,6-8,14H2,1H3,(H,15,17);1H. The molecule has 1 aliphatic carbocycles. The van der Waals surface area contributed by atoms with E-state index in [0.717, 1.165) is 0 Å². The predicted octanol–water partition coefficient (Wildman–Crippen LogP) is 1.69. The number of nitrogens with one attached hydrogen (secondary N) is 2. The second-order valence-corrected chi connectivity index (χ2v) is 6.95. The molecule has 8 heteroatoms. The Labute approximate surface area is 130 Å². The second kappa shape index (κ2) is 6.64. The number of halogens is 1. The van der Waals surface area contributed by atoms with E-state index in [1.54, 1.807) is 31.2 Å². The Hall–Kier alpha value is -1.31. The van der Waals surface area contributed by atoms with E-state index in [4.69, 9.17) is 5.73 Å². The Balaban J connectivity index is 0.00000220. The number of anilines is 2. The van der Waals surface area contributed by atoms with Crippen LogP contribution in [0.5, 0.6) is 0 Å². The maximum atomic E-state index is 11.8. The van der Waals surface area contributed by atoms with Gasteiger partial charge in [-0.2, -0.15) is 0 Å². The number of nitrogens with two attached hydrogens (primary N) is 1. The van der Waals surface area contributed by atoms with Crippen LogP contribution in [-0.2, 0) is 14.8 Å². The molecule has 1 amide bonds. The van der Waals surface area contributed by atoms with Gasteiger partial charge < -0.3 is 11.1 Å². The first-order chi connectivity index (χ1) is 9.35. The molecule has 1 aromatic rings. The van der Waals surface area contributed by atoms with Crippen LogP contribution >= 0.6 is 12.4 Å². The van der Waals surface area contributed by atoms with Crippen molar-refractivity contribution in [2.75, 3.05) is 15.8 Å². The summed E-state index contributed by atoms with van der Waals surface area (Å²) >= 11 is 0. The van der Waals surface area contributed by atoms with Crippen LogP contribution in [0, 0.1) is 0 Å². The molecule has 2 rings (SSSR count). The number of amides is 1. The van der Waals surface area contributed by atoms with Crippen molar-refractivity contribution in [3.05, 3.63) is 24.3 Å². The molecule has 0 spiro atoms. The van der Waals surface area contributed by atoms with Crippen LogP contribution < -0.4 is 15.8 Å². The summed E-state index contributed by atoms with van der Waals surface area (Å²) in [4.78, 5) is 11.8. The number of carbonyl (C=O) groups excluding carboxylic acids is 1. The van der Waals surface area contributed by atoms with Crippen molar-refractivity contribution < 1.29 is 13.2 Å². The lowest BCUT2D eigenvalue weighted by Gasteiger charge is -2.12. The molecule has 0 radical (unpaired) electrons. The van der Waals surface area contributed by atoms with Gasteiger partial charge in [-0.05, 0) is 37.5 Å². The van der Waals surface area contributed by atoms with E-state index in [-0.39, 0.29) is 24.1 Å². The van der Waals surface area contributed by atoms with Crippen molar-refractivity contribution in [3.63, 3.8) is 0 Å². The topological polar surface area (TPSA) is 101 Å². The molecule has 1 aliphatic rings. The van der Waals surface area contributed by atoms with Gasteiger partial charge in [0.1, 0.15) is 0 Å². The highest BCUT2D eigenvalue weighted by molar-refractivity contribution is 7.92. The molecule has 1 fully saturated rings. The van der Waals surface area contributed by atoms with Gasteiger partial charge in [-0.3, -0.25) is 9.52 Å². The fourth-order valence-corrected chi connectivity index (χ4v) is 2.90. The largest absolute Gasteiger partial charge is 0.324 e. The molecular weight excluding hydrogens is 314 g/mol. The van der Waals surface area contributed by atoms with Crippen LogP contribution in [0.1, 0.15) is 26.2 Å². The van der Waals surface area contributed by atoms with Gasteiger partial charge in [-0.15, -0.1) is 12.4 Å². The zero-order valence-corrected chi connectivity index (χ0v) is 13.4. The minimum absolute atomic E-state index is 0. The molecule has 4 N–H and O–H groups in total. The lowest BCUT2D eigenvalue weighted by molar-refractivity contribution is -0.118. The van der Waals surface area contributed by atoms with Gasteiger partial charge in [0.05, 0.1) is 17.0 Å². The molecule has 0 saturated heterocycles. The van der Waals surface area contributed by atoms with Gasteiger partial charge in [-0.1, -0.05) is 13.0 Å². The monoisotopic (exact) mass is 333 g/mol. The number of benzene rings is 1. The molecule has 118 valence electrons. The zero-order chi connectivity index (χ0) is 14.8. The van der Waals surface area contributed by atoms with Gasteiger partial charge in [0.25, 0.3) is 0 Å². The van der Waals surface area contributed by atoms with Crippen LogP contribution in [0.25, 0.3) is 0 Å². The fraction of sp³-hybridized carbons (Fsp3) is 0.462. The van der Waals surface area contributed by atoms with E-state index < -0.39 is 15.6 Å². The summed E-state index contributed by atoms with van der Waals surface area (Å²) in [5.74, 6) is -0.166. The second-order valence-electron chi connectivity index (χ2n) is 5.11. The first kappa shape index (κ1) is 17.7. The van der Waals surface area contributed by atoms with Crippen molar-refractivity contribution in [1.82, 2.24) is 0 Å². The smallest absolute Gasteiger partial charge is 0.244 e. The molecule has 21 heavy (non-hydrogen) atoms. The van der Waals surface area contributed by atoms with Crippen molar-refractivity contribution in [2.24, 2.45) is 5.73 Å². The van der Waals surface area contributed by atoms with Gasteiger partial charge in [0.2, 0.25) is 15.9 Å². The van der Waals surface area contributed by atoms with Gasteiger partial charge >= 0.3 is 0 Å². The Morgan fingerprint density at radius 3 is 2.52 bits per heavy atom. The van der Waals surface area contributed by atoms with E-state index in [0.29, 0.717) is 30.6 Å². The third-order valence-electron chi connectivity index (χ3n) is 3.11.